The lowest BCUT2D eigenvalue weighted by Gasteiger charge is -1.80. The molecule has 10 nitrogen and oxygen atoms in total. The van der Waals surface area contributed by atoms with Gasteiger partial charge in [-0.25, -0.2) is 19.9 Å². The third-order valence-electron chi connectivity index (χ3n) is 1.73. The zero-order valence-electron chi connectivity index (χ0n) is 11.2. The van der Waals surface area contributed by atoms with Crippen molar-refractivity contribution in [1.29, 1.82) is 0 Å². The Labute approximate surface area is 124 Å². The molecule has 0 radical (unpaired) electrons. The van der Waals surface area contributed by atoms with E-state index < -0.39 is 0 Å². The number of carbonyl (C=O) groups excluding carboxylic acids is 2. The van der Waals surface area contributed by atoms with E-state index in [1.807, 2.05) is 0 Å². The molecule has 0 fully saturated rings. The van der Waals surface area contributed by atoms with Crippen LogP contribution in [0.1, 0.15) is 21.2 Å². The van der Waals surface area contributed by atoms with Crippen molar-refractivity contribution in [2.24, 2.45) is 0 Å². The van der Waals surface area contributed by atoms with E-state index in [9.17, 15) is 9.59 Å². The summed E-state index contributed by atoms with van der Waals surface area (Å²) in [5.74, 6) is 0.458. The first-order chi connectivity index (χ1) is 10.9. The van der Waals surface area contributed by atoms with E-state index >= 15 is 0 Å². The molecule has 0 aromatic carbocycles. The Kier molecular flexibility index (Phi) is 8.46. The lowest BCUT2D eigenvalue weighted by molar-refractivity contribution is 0.110. The van der Waals surface area contributed by atoms with Crippen LogP contribution in [-0.2, 0) is 0 Å². The molecule has 3 aromatic heterocycles. The smallest absolute Gasteiger partial charge is 0.192 e. The number of hydrogen-bond donors (Lipinski definition) is 0. The topological polar surface area (TPSA) is 137 Å². The fourth-order valence-corrected chi connectivity index (χ4v) is 0.908. The fraction of sp³-hybridized carbons (Fsp3) is 0. The van der Waals surface area contributed by atoms with Crippen molar-refractivity contribution < 1.29 is 9.59 Å². The molecule has 10 heteroatoms. The molecule has 0 unspecified atom stereocenters. The van der Waals surface area contributed by atoms with Crippen LogP contribution in [0.25, 0.3) is 0 Å². The Morgan fingerprint density at radius 3 is 1.14 bits per heavy atom. The SMILES string of the molecule is O=Cc1ncccn1.O=Cc1ncccn1.c1cnnnn1. The molecule has 0 aliphatic rings. The maximum atomic E-state index is 9.88. The standard InChI is InChI=1S/2C5H4N2O.C2H2N4/c2*8-4-5-6-2-1-3-7-5;1-2-4-6-5-3-1/h2*1-4H;1-2H. The molecule has 3 heterocycles. The van der Waals surface area contributed by atoms with Crippen molar-refractivity contribution in [3.63, 3.8) is 0 Å². The second kappa shape index (κ2) is 11.3. The second-order valence-electron chi connectivity index (χ2n) is 3.16. The largest absolute Gasteiger partial charge is 0.294 e. The average molecular weight is 298 g/mol. The molecule has 0 N–H and O–H groups in total. The number of hydrogen-bond acceptors (Lipinski definition) is 10. The summed E-state index contributed by atoms with van der Waals surface area (Å²) in [4.78, 5) is 34.2. The monoisotopic (exact) mass is 298 g/mol. The average Bonchev–Trinajstić information content (AvgIpc) is 2.65. The highest BCUT2D eigenvalue weighted by Gasteiger charge is 1.84. The number of rotatable bonds is 2. The molecule has 3 aromatic rings. The lowest BCUT2D eigenvalue weighted by atomic mass is 10.6. The number of nitrogens with zero attached hydrogens (tertiary/aromatic N) is 8. The summed E-state index contributed by atoms with van der Waals surface area (Å²) in [6, 6.07) is 3.32. The van der Waals surface area contributed by atoms with Crippen molar-refractivity contribution in [2.75, 3.05) is 0 Å². The number of aromatic nitrogens is 8. The Morgan fingerprint density at radius 1 is 0.591 bits per heavy atom. The van der Waals surface area contributed by atoms with Gasteiger partial charge in [0, 0.05) is 24.8 Å². The Balaban J connectivity index is 0.000000167. The van der Waals surface area contributed by atoms with Crippen molar-refractivity contribution >= 4 is 12.6 Å². The molecule has 0 atom stereocenters. The summed E-state index contributed by atoms with van der Waals surface area (Å²) < 4.78 is 0. The molecule has 0 aliphatic heterocycles. The zero-order valence-corrected chi connectivity index (χ0v) is 11.2. The van der Waals surface area contributed by atoms with E-state index in [2.05, 4.69) is 40.6 Å². The molecule has 0 spiro atoms. The maximum absolute atomic E-state index is 9.88. The van der Waals surface area contributed by atoms with Crippen LogP contribution in [0.5, 0.6) is 0 Å². The maximum Gasteiger partial charge on any atom is 0.192 e. The highest BCUT2D eigenvalue weighted by molar-refractivity contribution is 5.68. The minimum atomic E-state index is 0.229. The molecular weight excluding hydrogens is 288 g/mol. The minimum absolute atomic E-state index is 0.229. The third-order valence-corrected chi connectivity index (χ3v) is 1.73. The van der Waals surface area contributed by atoms with E-state index in [0.717, 1.165) is 0 Å². The lowest BCUT2D eigenvalue weighted by Crippen LogP contribution is -1.87. The molecule has 0 aliphatic carbocycles. The molecule has 0 bridgehead atoms. The molecule has 22 heavy (non-hydrogen) atoms. The van der Waals surface area contributed by atoms with Crippen LogP contribution < -0.4 is 0 Å². The van der Waals surface area contributed by atoms with Crippen molar-refractivity contribution in [1.82, 2.24) is 40.6 Å². The predicted octanol–water partition coefficient (Wildman–Crippen LogP) is -0.155. The second-order valence-corrected chi connectivity index (χ2v) is 3.16. The van der Waals surface area contributed by atoms with Gasteiger partial charge in [-0.3, -0.25) is 9.59 Å². The van der Waals surface area contributed by atoms with E-state index in [-0.39, 0.29) is 11.6 Å². The van der Waals surface area contributed by atoms with Crippen LogP contribution in [0.15, 0.2) is 49.3 Å². The van der Waals surface area contributed by atoms with Gasteiger partial charge in [0.05, 0.1) is 12.4 Å². The molecule has 110 valence electrons. The molecule has 0 amide bonds. The van der Waals surface area contributed by atoms with Crippen LogP contribution in [0.2, 0.25) is 0 Å². The van der Waals surface area contributed by atoms with Crippen LogP contribution in [0.3, 0.4) is 0 Å². The van der Waals surface area contributed by atoms with Crippen LogP contribution in [-0.4, -0.2) is 53.1 Å². The van der Waals surface area contributed by atoms with Gasteiger partial charge in [0.25, 0.3) is 0 Å². The fourth-order valence-electron chi connectivity index (χ4n) is 0.908. The summed E-state index contributed by atoms with van der Waals surface area (Å²) in [7, 11) is 0. The quantitative estimate of drug-likeness (QED) is 0.586. The minimum Gasteiger partial charge on any atom is -0.294 e. The summed E-state index contributed by atoms with van der Waals surface area (Å²) in [6.45, 7) is 0. The van der Waals surface area contributed by atoms with Gasteiger partial charge >= 0.3 is 0 Å². The van der Waals surface area contributed by atoms with Crippen LogP contribution in [0, 0.1) is 0 Å². The number of carbonyl (C=O) groups is 2. The Bertz CT molecular complexity index is 569. The van der Waals surface area contributed by atoms with Gasteiger partial charge < -0.3 is 0 Å². The van der Waals surface area contributed by atoms with E-state index in [1.165, 1.54) is 37.2 Å². The van der Waals surface area contributed by atoms with Gasteiger partial charge in [0.15, 0.2) is 24.2 Å². The van der Waals surface area contributed by atoms with E-state index in [4.69, 9.17) is 0 Å². The van der Waals surface area contributed by atoms with Gasteiger partial charge in [0.2, 0.25) is 0 Å². The highest BCUT2D eigenvalue weighted by Crippen LogP contribution is 1.78. The van der Waals surface area contributed by atoms with Gasteiger partial charge in [0.1, 0.15) is 0 Å². The summed E-state index contributed by atoms with van der Waals surface area (Å²) >= 11 is 0. The van der Waals surface area contributed by atoms with Crippen molar-refractivity contribution in [3.05, 3.63) is 61.0 Å². The first-order valence-electron chi connectivity index (χ1n) is 5.76. The first kappa shape index (κ1) is 16.5. The van der Waals surface area contributed by atoms with Gasteiger partial charge in [-0.15, -0.1) is 10.2 Å². The van der Waals surface area contributed by atoms with Gasteiger partial charge in [-0.2, -0.15) is 0 Å². The number of aldehydes is 2. The van der Waals surface area contributed by atoms with E-state index in [0.29, 0.717) is 12.6 Å². The molecule has 0 saturated carbocycles. The Hall–Kier alpha value is -3.56. The van der Waals surface area contributed by atoms with Crippen molar-refractivity contribution in [3.8, 4) is 0 Å². The molecular formula is C12H10N8O2. The third kappa shape index (κ3) is 7.78. The highest BCUT2D eigenvalue weighted by atomic mass is 16.1. The first-order valence-corrected chi connectivity index (χ1v) is 5.76. The zero-order chi connectivity index (χ0) is 15.9. The predicted molar refractivity (Wildman–Crippen MR) is 72.5 cm³/mol. The van der Waals surface area contributed by atoms with Gasteiger partial charge in [-0.1, -0.05) is 0 Å². The van der Waals surface area contributed by atoms with Crippen molar-refractivity contribution in [2.45, 2.75) is 0 Å². The van der Waals surface area contributed by atoms with Crippen LogP contribution in [0.4, 0.5) is 0 Å². The normalized spacial score (nSPS) is 8.36. The van der Waals surface area contributed by atoms with Crippen LogP contribution >= 0.6 is 0 Å². The molecule has 3 rings (SSSR count). The summed E-state index contributed by atoms with van der Waals surface area (Å²) in [6.07, 6.45) is 10.3. The summed E-state index contributed by atoms with van der Waals surface area (Å²) in [5.41, 5.74) is 0. The molecule has 0 saturated heterocycles. The summed E-state index contributed by atoms with van der Waals surface area (Å²) in [5, 5.41) is 13.1. The van der Waals surface area contributed by atoms with E-state index in [1.54, 1.807) is 12.1 Å². The van der Waals surface area contributed by atoms with Gasteiger partial charge in [-0.05, 0) is 22.6 Å². The Morgan fingerprint density at radius 2 is 0.955 bits per heavy atom.